The lowest BCUT2D eigenvalue weighted by Gasteiger charge is -2.01. The molecule has 14 heavy (non-hydrogen) atoms. The Balaban J connectivity index is 2.86. The molecule has 0 bridgehead atoms. The van der Waals surface area contributed by atoms with E-state index < -0.39 is 5.63 Å². The minimum Gasteiger partial charge on any atom is -0.420 e. The monoisotopic (exact) mass is 209 g/mol. The number of rotatable bonds is 1. The molecular weight excluding hydrogens is 202 g/mol. The van der Waals surface area contributed by atoms with Gasteiger partial charge >= 0.3 is 5.63 Å². The summed E-state index contributed by atoms with van der Waals surface area (Å²) in [6, 6.07) is 7.05. The maximum Gasteiger partial charge on any atom is 0.359 e. The fourth-order valence-electron chi connectivity index (χ4n) is 1.28. The second kappa shape index (κ2) is 3.35. The highest BCUT2D eigenvalue weighted by Gasteiger charge is 2.05. The van der Waals surface area contributed by atoms with E-state index in [1.54, 1.807) is 19.2 Å². The van der Waals surface area contributed by atoms with Crippen molar-refractivity contribution < 1.29 is 4.42 Å². The van der Waals surface area contributed by atoms with Gasteiger partial charge in [-0.05, 0) is 12.1 Å². The van der Waals surface area contributed by atoms with Crippen LogP contribution in [0.2, 0.25) is 5.02 Å². The molecule has 0 fully saturated rings. The number of halogens is 1. The van der Waals surface area contributed by atoms with Crippen LogP contribution in [0.4, 0.5) is 5.69 Å². The Hall–Kier alpha value is -1.48. The Morgan fingerprint density at radius 1 is 1.43 bits per heavy atom. The Labute approximate surface area is 85.3 Å². The highest BCUT2D eigenvalue weighted by molar-refractivity contribution is 6.34. The normalized spacial score (nSPS) is 10.4. The van der Waals surface area contributed by atoms with Gasteiger partial charge in [0.05, 0.1) is 5.02 Å². The maximum atomic E-state index is 11.3. The lowest BCUT2D eigenvalue weighted by atomic mass is 10.2. The van der Waals surface area contributed by atoms with Crippen LogP contribution in [-0.2, 0) is 0 Å². The van der Waals surface area contributed by atoms with Crippen LogP contribution in [0.15, 0.2) is 33.5 Å². The summed E-state index contributed by atoms with van der Waals surface area (Å²) in [5.41, 5.74) is 0.450. The molecule has 4 heteroatoms. The fraction of sp³-hybridized carbons (Fsp3) is 0.100. The summed E-state index contributed by atoms with van der Waals surface area (Å²) in [4.78, 5) is 11.3. The van der Waals surface area contributed by atoms with Crippen LogP contribution in [0.3, 0.4) is 0 Å². The van der Waals surface area contributed by atoms with Gasteiger partial charge < -0.3 is 9.73 Å². The molecule has 2 aromatic rings. The largest absolute Gasteiger partial charge is 0.420 e. The van der Waals surface area contributed by atoms with Gasteiger partial charge in [0, 0.05) is 12.4 Å². The van der Waals surface area contributed by atoms with Crippen LogP contribution in [-0.4, -0.2) is 7.05 Å². The number of hydrogen-bond donors (Lipinski definition) is 1. The summed E-state index contributed by atoms with van der Waals surface area (Å²) >= 11 is 5.87. The smallest absolute Gasteiger partial charge is 0.359 e. The molecule has 72 valence electrons. The lowest BCUT2D eigenvalue weighted by Crippen LogP contribution is -2.06. The Morgan fingerprint density at radius 3 is 2.93 bits per heavy atom. The fourth-order valence-corrected chi connectivity index (χ4v) is 1.50. The predicted molar refractivity (Wildman–Crippen MR) is 57.0 cm³/mol. The van der Waals surface area contributed by atoms with Crippen molar-refractivity contribution in [3.63, 3.8) is 0 Å². The van der Waals surface area contributed by atoms with Crippen LogP contribution >= 0.6 is 11.6 Å². The number of anilines is 1. The second-order valence-corrected chi connectivity index (χ2v) is 3.26. The van der Waals surface area contributed by atoms with Gasteiger partial charge in [0.1, 0.15) is 5.69 Å². The third-order valence-electron chi connectivity index (χ3n) is 1.98. The summed E-state index contributed by atoms with van der Waals surface area (Å²) in [6.07, 6.45) is 0. The molecule has 0 saturated carbocycles. The quantitative estimate of drug-likeness (QED) is 0.734. The molecule has 1 aromatic carbocycles. The van der Waals surface area contributed by atoms with Gasteiger partial charge in [0.2, 0.25) is 0 Å². The van der Waals surface area contributed by atoms with Gasteiger partial charge in [-0.1, -0.05) is 23.7 Å². The van der Waals surface area contributed by atoms with E-state index in [4.69, 9.17) is 16.0 Å². The predicted octanol–water partition coefficient (Wildman–Crippen LogP) is 2.49. The number of fused-ring (bicyclic) bond motifs is 1. The number of hydrogen-bond acceptors (Lipinski definition) is 3. The van der Waals surface area contributed by atoms with Crippen molar-refractivity contribution in [3.05, 3.63) is 39.7 Å². The third kappa shape index (κ3) is 1.36. The molecule has 0 aliphatic rings. The van der Waals surface area contributed by atoms with Crippen molar-refractivity contribution in [1.82, 2.24) is 0 Å². The van der Waals surface area contributed by atoms with E-state index in [2.05, 4.69) is 5.32 Å². The molecule has 1 aromatic heterocycles. The highest BCUT2D eigenvalue weighted by atomic mass is 35.5. The SMILES string of the molecule is CNc1cc2cccc(Cl)c2oc1=O. The van der Waals surface area contributed by atoms with E-state index in [1.165, 1.54) is 0 Å². The van der Waals surface area contributed by atoms with Crippen LogP contribution in [0.25, 0.3) is 11.0 Å². The Kier molecular flexibility index (Phi) is 2.17. The molecule has 0 spiro atoms. The van der Waals surface area contributed by atoms with Gasteiger partial charge in [-0.25, -0.2) is 4.79 Å². The molecule has 0 aliphatic carbocycles. The first-order chi connectivity index (χ1) is 6.72. The van der Waals surface area contributed by atoms with Crippen molar-refractivity contribution in [3.8, 4) is 0 Å². The molecule has 0 radical (unpaired) electrons. The van der Waals surface area contributed by atoms with Crippen molar-refractivity contribution in [2.45, 2.75) is 0 Å². The Bertz CT molecular complexity index is 533. The second-order valence-electron chi connectivity index (χ2n) is 2.86. The molecule has 1 heterocycles. The van der Waals surface area contributed by atoms with Gasteiger partial charge in [0.25, 0.3) is 0 Å². The van der Waals surface area contributed by atoms with Crippen LogP contribution in [0, 0.1) is 0 Å². The average Bonchev–Trinajstić information content (AvgIpc) is 2.19. The molecule has 3 nitrogen and oxygen atoms in total. The van der Waals surface area contributed by atoms with E-state index in [9.17, 15) is 4.79 Å². The molecule has 0 saturated heterocycles. The van der Waals surface area contributed by atoms with E-state index in [1.807, 2.05) is 12.1 Å². The first kappa shape index (κ1) is 9.09. The van der Waals surface area contributed by atoms with Crippen LogP contribution in [0.5, 0.6) is 0 Å². The number of benzene rings is 1. The minimum absolute atomic E-state index is 0.409. The number of para-hydroxylation sites is 1. The summed E-state index contributed by atoms with van der Waals surface area (Å²) in [7, 11) is 1.67. The van der Waals surface area contributed by atoms with E-state index >= 15 is 0 Å². The van der Waals surface area contributed by atoms with Crippen molar-refractivity contribution in [2.75, 3.05) is 12.4 Å². The molecular formula is C10H8ClNO2. The molecule has 0 unspecified atom stereocenters. The third-order valence-corrected chi connectivity index (χ3v) is 2.28. The van der Waals surface area contributed by atoms with Crippen molar-refractivity contribution in [2.24, 2.45) is 0 Å². The lowest BCUT2D eigenvalue weighted by molar-refractivity contribution is 0.564. The zero-order valence-corrected chi connectivity index (χ0v) is 8.26. The first-order valence-corrected chi connectivity index (χ1v) is 4.50. The van der Waals surface area contributed by atoms with Crippen LogP contribution in [0.1, 0.15) is 0 Å². The van der Waals surface area contributed by atoms with Gasteiger partial charge in [-0.3, -0.25) is 0 Å². The molecule has 2 rings (SSSR count). The van der Waals surface area contributed by atoms with Gasteiger partial charge in [-0.2, -0.15) is 0 Å². The summed E-state index contributed by atoms with van der Waals surface area (Å²) in [6.45, 7) is 0. The zero-order chi connectivity index (χ0) is 10.1. The Morgan fingerprint density at radius 2 is 2.21 bits per heavy atom. The van der Waals surface area contributed by atoms with Gasteiger partial charge in [0.15, 0.2) is 5.58 Å². The van der Waals surface area contributed by atoms with E-state index in [-0.39, 0.29) is 0 Å². The molecule has 0 atom stereocenters. The minimum atomic E-state index is -0.409. The molecule has 0 amide bonds. The standard InChI is InChI=1S/C10H8ClNO2/c1-12-8-5-6-3-2-4-7(11)9(6)14-10(8)13/h2-5,12H,1H3. The van der Waals surface area contributed by atoms with E-state index in [0.29, 0.717) is 16.3 Å². The zero-order valence-electron chi connectivity index (χ0n) is 7.50. The summed E-state index contributed by atoms with van der Waals surface area (Å²) in [5.74, 6) is 0. The first-order valence-electron chi connectivity index (χ1n) is 4.12. The average molecular weight is 210 g/mol. The summed E-state index contributed by atoms with van der Waals surface area (Å²) < 4.78 is 5.06. The van der Waals surface area contributed by atoms with Crippen molar-refractivity contribution in [1.29, 1.82) is 0 Å². The van der Waals surface area contributed by atoms with Gasteiger partial charge in [-0.15, -0.1) is 0 Å². The van der Waals surface area contributed by atoms with Crippen LogP contribution < -0.4 is 10.9 Å². The summed E-state index contributed by atoms with van der Waals surface area (Å²) in [5, 5.41) is 4.01. The topological polar surface area (TPSA) is 42.2 Å². The molecule has 1 N–H and O–H groups in total. The molecule has 0 aliphatic heterocycles. The maximum absolute atomic E-state index is 11.3. The number of nitrogens with one attached hydrogen (secondary N) is 1. The highest BCUT2D eigenvalue weighted by Crippen LogP contribution is 2.23. The van der Waals surface area contributed by atoms with Crippen molar-refractivity contribution >= 4 is 28.3 Å². The van der Waals surface area contributed by atoms with E-state index in [0.717, 1.165) is 5.39 Å².